The fourth-order valence-electron chi connectivity index (χ4n) is 2.56. The molecule has 0 spiro atoms. The molecule has 2 N–H and O–H groups in total. The van der Waals surface area contributed by atoms with Crippen LogP contribution in [-0.2, 0) is 0 Å². The first kappa shape index (κ1) is 12.7. The summed E-state index contributed by atoms with van der Waals surface area (Å²) in [5, 5.41) is 2.02. The number of rotatable bonds is 3. The number of halogens is 1. The normalized spacial score (nSPS) is 16.8. The Balaban J connectivity index is 2.37. The van der Waals surface area contributed by atoms with Crippen molar-refractivity contribution in [3.8, 4) is 0 Å². The van der Waals surface area contributed by atoms with Gasteiger partial charge in [-0.25, -0.2) is 0 Å². The molecule has 1 aromatic carbocycles. The quantitative estimate of drug-likeness (QED) is 0.934. The Morgan fingerprint density at radius 2 is 2.21 bits per heavy atom. The summed E-state index contributed by atoms with van der Waals surface area (Å²) >= 11 is 6.18. The molecule has 0 amide bonds. The maximum absolute atomic E-state index is 12.7. The number of fused-ring (bicyclic) bond motifs is 1. The van der Waals surface area contributed by atoms with Gasteiger partial charge in [0.15, 0.2) is 0 Å². The van der Waals surface area contributed by atoms with E-state index in [2.05, 4.69) is 0 Å². The van der Waals surface area contributed by atoms with E-state index in [1.165, 1.54) is 0 Å². The van der Waals surface area contributed by atoms with E-state index < -0.39 is 0 Å². The van der Waals surface area contributed by atoms with Crippen LogP contribution in [0, 0.1) is 0 Å². The van der Waals surface area contributed by atoms with Gasteiger partial charge in [0.2, 0.25) is 0 Å². The van der Waals surface area contributed by atoms with Gasteiger partial charge < -0.3 is 10.3 Å². The lowest BCUT2D eigenvalue weighted by Crippen LogP contribution is -2.27. The van der Waals surface area contributed by atoms with Gasteiger partial charge in [0.1, 0.15) is 0 Å². The zero-order chi connectivity index (χ0) is 13.6. The third-order valence-electron chi connectivity index (χ3n) is 3.79. The van der Waals surface area contributed by atoms with Crippen molar-refractivity contribution in [3.05, 3.63) is 45.3 Å². The van der Waals surface area contributed by atoms with E-state index in [-0.39, 0.29) is 11.6 Å². The second kappa shape index (κ2) is 4.66. The van der Waals surface area contributed by atoms with Gasteiger partial charge in [0.05, 0.1) is 10.4 Å². The molecule has 0 radical (unpaired) electrons. The van der Waals surface area contributed by atoms with E-state index in [1.807, 2.05) is 29.7 Å². The molecule has 0 saturated heterocycles. The van der Waals surface area contributed by atoms with Gasteiger partial charge in [0, 0.05) is 17.8 Å². The van der Waals surface area contributed by atoms with Crippen molar-refractivity contribution in [2.24, 2.45) is 5.73 Å². The number of nitrogens with two attached hydrogens (primary N) is 1. The van der Waals surface area contributed by atoms with Crippen LogP contribution in [0.3, 0.4) is 0 Å². The predicted octanol–water partition coefficient (Wildman–Crippen LogP) is 3.40. The molecule has 3 rings (SSSR count). The molecule has 1 saturated carbocycles. The minimum absolute atomic E-state index is 0.00417. The molecule has 1 heterocycles. The summed E-state index contributed by atoms with van der Waals surface area (Å²) in [6.07, 6.45) is 2.93. The molecular formula is C15H17ClN2O. The Morgan fingerprint density at radius 1 is 1.47 bits per heavy atom. The summed E-state index contributed by atoms with van der Waals surface area (Å²) in [4.78, 5) is 12.7. The Kier molecular flexibility index (Phi) is 3.11. The summed E-state index contributed by atoms with van der Waals surface area (Å²) in [6.45, 7) is 2.04. The summed E-state index contributed by atoms with van der Waals surface area (Å²) < 4.78 is 1.86. The van der Waals surface area contributed by atoms with Crippen LogP contribution < -0.4 is 11.3 Å². The third kappa shape index (κ3) is 2.07. The highest BCUT2D eigenvalue weighted by Crippen LogP contribution is 2.37. The second-order valence-electron chi connectivity index (χ2n) is 5.19. The molecule has 1 atom stereocenters. The number of hydrogen-bond acceptors (Lipinski definition) is 2. The Labute approximate surface area is 117 Å². The molecule has 0 aliphatic heterocycles. The lowest BCUT2D eigenvalue weighted by molar-refractivity contribution is 0.582. The SMILES string of the molecule is CCC(N)c1cc2cccc(Cl)c2c(=O)n1C1CC1. The first-order chi connectivity index (χ1) is 9.13. The zero-order valence-corrected chi connectivity index (χ0v) is 11.7. The summed E-state index contributed by atoms with van der Waals surface area (Å²) in [6, 6.07) is 7.78. The molecule has 0 bridgehead atoms. The molecule has 100 valence electrons. The average molecular weight is 277 g/mol. The largest absolute Gasteiger partial charge is 0.323 e. The number of aromatic nitrogens is 1. The van der Waals surface area contributed by atoms with Crippen molar-refractivity contribution in [3.63, 3.8) is 0 Å². The van der Waals surface area contributed by atoms with Crippen LogP contribution in [0.5, 0.6) is 0 Å². The van der Waals surface area contributed by atoms with Gasteiger partial charge >= 0.3 is 0 Å². The highest BCUT2D eigenvalue weighted by atomic mass is 35.5. The highest BCUT2D eigenvalue weighted by molar-refractivity contribution is 6.35. The van der Waals surface area contributed by atoms with Crippen LogP contribution in [0.2, 0.25) is 5.02 Å². The van der Waals surface area contributed by atoms with Crippen LogP contribution in [0.4, 0.5) is 0 Å². The van der Waals surface area contributed by atoms with Crippen molar-refractivity contribution in [1.82, 2.24) is 4.57 Å². The standard InChI is InChI=1S/C15H17ClN2O/c1-2-12(17)13-8-9-4-3-5-11(16)14(9)15(19)18(13)10-6-7-10/h3-5,8,10,12H,2,6-7,17H2,1H3. The number of pyridine rings is 1. The van der Waals surface area contributed by atoms with E-state index >= 15 is 0 Å². The van der Waals surface area contributed by atoms with Crippen molar-refractivity contribution < 1.29 is 0 Å². The van der Waals surface area contributed by atoms with Gasteiger partial charge in [-0.15, -0.1) is 0 Å². The van der Waals surface area contributed by atoms with Gasteiger partial charge in [0.25, 0.3) is 5.56 Å². The van der Waals surface area contributed by atoms with E-state index in [1.54, 1.807) is 6.07 Å². The summed E-state index contributed by atoms with van der Waals surface area (Å²) in [5.74, 6) is 0. The molecule has 2 aromatic rings. The number of benzene rings is 1. The number of nitrogens with zero attached hydrogens (tertiary/aromatic N) is 1. The fourth-order valence-corrected chi connectivity index (χ4v) is 2.82. The topological polar surface area (TPSA) is 48.0 Å². The molecule has 1 aromatic heterocycles. The molecule has 1 unspecified atom stereocenters. The molecule has 19 heavy (non-hydrogen) atoms. The van der Waals surface area contributed by atoms with Gasteiger partial charge in [-0.2, -0.15) is 0 Å². The average Bonchev–Trinajstić information content (AvgIpc) is 3.21. The van der Waals surface area contributed by atoms with E-state index in [9.17, 15) is 4.79 Å². The van der Waals surface area contributed by atoms with Crippen molar-refractivity contribution >= 4 is 22.4 Å². The monoisotopic (exact) mass is 276 g/mol. The first-order valence-electron chi connectivity index (χ1n) is 6.72. The van der Waals surface area contributed by atoms with Crippen LogP contribution in [-0.4, -0.2) is 4.57 Å². The fraction of sp³-hybridized carbons (Fsp3) is 0.400. The molecule has 1 fully saturated rings. The number of hydrogen-bond donors (Lipinski definition) is 1. The Bertz CT molecular complexity index is 688. The van der Waals surface area contributed by atoms with Crippen molar-refractivity contribution in [2.45, 2.75) is 38.3 Å². The molecule has 1 aliphatic carbocycles. The third-order valence-corrected chi connectivity index (χ3v) is 4.11. The molecule has 4 heteroatoms. The van der Waals surface area contributed by atoms with Crippen LogP contribution in [0.25, 0.3) is 10.8 Å². The second-order valence-corrected chi connectivity index (χ2v) is 5.60. The van der Waals surface area contributed by atoms with Gasteiger partial charge in [-0.1, -0.05) is 30.7 Å². The minimum Gasteiger partial charge on any atom is -0.323 e. The lowest BCUT2D eigenvalue weighted by atomic mass is 10.1. The van der Waals surface area contributed by atoms with Gasteiger partial charge in [-0.3, -0.25) is 4.79 Å². The maximum atomic E-state index is 12.7. The van der Waals surface area contributed by atoms with Crippen LogP contribution in [0.15, 0.2) is 29.1 Å². The Morgan fingerprint density at radius 3 is 2.84 bits per heavy atom. The van der Waals surface area contributed by atoms with E-state index in [0.29, 0.717) is 16.5 Å². The predicted molar refractivity (Wildman–Crippen MR) is 78.7 cm³/mol. The molecule has 1 aliphatic rings. The first-order valence-corrected chi connectivity index (χ1v) is 7.10. The van der Waals surface area contributed by atoms with Crippen molar-refractivity contribution in [1.29, 1.82) is 0 Å². The summed E-state index contributed by atoms with van der Waals surface area (Å²) in [5.41, 5.74) is 7.11. The maximum Gasteiger partial charge on any atom is 0.260 e. The minimum atomic E-state index is -0.100. The van der Waals surface area contributed by atoms with Crippen LogP contribution >= 0.6 is 11.6 Å². The lowest BCUT2D eigenvalue weighted by Gasteiger charge is -2.18. The van der Waals surface area contributed by atoms with E-state index in [0.717, 1.165) is 30.3 Å². The van der Waals surface area contributed by atoms with Crippen LogP contribution in [0.1, 0.15) is 44.0 Å². The zero-order valence-electron chi connectivity index (χ0n) is 10.9. The molecule has 3 nitrogen and oxygen atoms in total. The molecular weight excluding hydrogens is 260 g/mol. The Hall–Kier alpha value is -1.32. The highest BCUT2D eigenvalue weighted by Gasteiger charge is 2.29. The smallest absolute Gasteiger partial charge is 0.260 e. The van der Waals surface area contributed by atoms with Crippen molar-refractivity contribution in [2.75, 3.05) is 0 Å². The van der Waals surface area contributed by atoms with Gasteiger partial charge in [-0.05, 0) is 36.8 Å². The van der Waals surface area contributed by atoms with E-state index in [4.69, 9.17) is 17.3 Å². The summed E-state index contributed by atoms with van der Waals surface area (Å²) in [7, 11) is 0.